The number of amides is 1. The second kappa shape index (κ2) is 8.11. The first-order chi connectivity index (χ1) is 12.3. The van der Waals surface area contributed by atoms with Crippen molar-refractivity contribution in [2.24, 2.45) is 0 Å². The van der Waals surface area contributed by atoms with Gasteiger partial charge in [-0.05, 0) is 43.2 Å². The van der Waals surface area contributed by atoms with E-state index in [4.69, 9.17) is 9.47 Å². The molecule has 0 saturated carbocycles. The van der Waals surface area contributed by atoms with Crippen molar-refractivity contribution in [2.75, 3.05) is 19.0 Å². The van der Waals surface area contributed by atoms with Gasteiger partial charge >= 0.3 is 5.97 Å². The van der Waals surface area contributed by atoms with Crippen LogP contribution in [0.2, 0.25) is 0 Å². The van der Waals surface area contributed by atoms with Gasteiger partial charge in [-0.2, -0.15) is 0 Å². The second-order valence-electron chi connectivity index (χ2n) is 5.51. The molecule has 136 valence electrons. The largest absolute Gasteiger partial charge is 0.497 e. The number of rotatable bonds is 6. The highest BCUT2D eigenvalue weighted by atomic mass is 16.6. The van der Waals surface area contributed by atoms with Crippen LogP contribution in [0, 0.1) is 24.0 Å². The Balaban J connectivity index is 2.06. The minimum absolute atomic E-state index is 0.0948. The summed E-state index contributed by atoms with van der Waals surface area (Å²) in [5.74, 6) is -0.887. The van der Waals surface area contributed by atoms with E-state index in [-0.39, 0.29) is 16.9 Å². The summed E-state index contributed by atoms with van der Waals surface area (Å²) < 4.78 is 9.97. The van der Waals surface area contributed by atoms with Crippen molar-refractivity contribution >= 4 is 23.3 Å². The zero-order valence-corrected chi connectivity index (χ0v) is 14.6. The Kier molecular flexibility index (Phi) is 5.90. The number of benzene rings is 2. The Morgan fingerprint density at radius 1 is 1.19 bits per heavy atom. The third-order valence-corrected chi connectivity index (χ3v) is 3.81. The molecule has 2 rings (SSSR count). The topological polar surface area (TPSA) is 108 Å². The third-order valence-electron chi connectivity index (χ3n) is 3.81. The minimum atomic E-state index is -0.700. The zero-order valence-electron chi connectivity index (χ0n) is 14.6. The molecule has 0 saturated heterocycles. The number of nitro groups is 1. The van der Waals surface area contributed by atoms with Crippen molar-refractivity contribution in [3.63, 3.8) is 0 Å². The van der Waals surface area contributed by atoms with E-state index < -0.39 is 23.4 Å². The molecule has 1 amide bonds. The van der Waals surface area contributed by atoms with Gasteiger partial charge < -0.3 is 14.8 Å². The number of nitrogens with zero attached hydrogens (tertiary/aromatic N) is 1. The number of hydrogen-bond donors (Lipinski definition) is 1. The molecule has 0 unspecified atom stereocenters. The van der Waals surface area contributed by atoms with Gasteiger partial charge in [0.25, 0.3) is 11.6 Å². The minimum Gasteiger partial charge on any atom is -0.497 e. The molecular formula is C18H18N2O6. The van der Waals surface area contributed by atoms with Crippen molar-refractivity contribution in [3.8, 4) is 5.75 Å². The first-order valence-electron chi connectivity index (χ1n) is 7.69. The number of nitrogens with one attached hydrogen (secondary N) is 1. The average molecular weight is 358 g/mol. The standard InChI is InChI=1S/C18H18N2O6/c1-11-7-8-15(20(23)24)17(12(11)2)19-16(21)10-26-18(22)13-5-4-6-14(9-13)25-3/h4-9H,10H2,1-3H3,(H,19,21). The number of anilines is 1. The molecule has 0 spiro atoms. The van der Waals surface area contributed by atoms with Gasteiger partial charge in [0.1, 0.15) is 11.4 Å². The van der Waals surface area contributed by atoms with Crippen LogP contribution in [-0.2, 0) is 9.53 Å². The van der Waals surface area contributed by atoms with E-state index in [1.54, 1.807) is 32.0 Å². The predicted molar refractivity (Wildman–Crippen MR) is 94.5 cm³/mol. The molecule has 8 nitrogen and oxygen atoms in total. The summed E-state index contributed by atoms with van der Waals surface area (Å²) in [5, 5.41) is 13.6. The SMILES string of the molecule is COc1cccc(C(=O)OCC(=O)Nc2c([N+](=O)[O-])ccc(C)c2C)c1. The van der Waals surface area contributed by atoms with Crippen LogP contribution in [0.25, 0.3) is 0 Å². The van der Waals surface area contributed by atoms with Crippen molar-refractivity contribution in [2.45, 2.75) is 13.8 Å². The predicted octanol–water partition coefficient (Wildman–Crippen LogP) is 3.02. The van der Waals surface area contributed by atoms with E-state index in [9.17, 15) is 19.7 Å². The lowest BCUT2D eigenvalue weighted by Crippen LogP contribution is -2.22. The summed E-state index contributed by atoms with van der Waals surface area (Å²) in [7, 11) is 1.47. The molecule has 2 aromatic carbocycles. The Hall–Kier alpha value is -3.42. The highest BCUT2D eigenvalue weighted by Gasteiger charge is 2.20. The van der Waals surface area contributed by atoms with E-state index in [2.05, 4.69) is 5.32 Å². The first-order valence-corrected chi connectivity index (χ1v) is 7.69. The maximum Gasteiger partial charge on any atom is 0.338 e. The fourth-order valence-electron chi connectivity index (χ4n) is 2.25. The van der Waals surface area contributed by atoms with Crippen molar-refractivity contribution in [1.82, 2.24) is 0 Å². The fraction of sp³-hybridized carbons (Fsp3) is 0.222. The van der Waals surface area contributed by atoms with E-state index in [0.717, 1.165) is 5.56 Å². The Morgan fingerprint density at radius 3 is 2.58 bits per heavy atom. The summed E-state index contributed by atoms with van der Waals surface area (Å²) in [6.45, 7) is 2.87. The van der Waals surface area contributed by atoms with Gasteiger partial charge in [-0.15, -0.1) is 0 Å². The quantitative estimate of drug-likeness (QED) is 0.483. The smallest absolute Gasteiger partial charge is 0.338 e. The second-order valence-corrected chi connectivity index (χ2v) is 5.51. The summed E-state index contributed by atoms with van der Waals surface area (Å²) in [5.41, 5.74) is 1.47. The molecule has 0 radical (unpaired) electrons. The molecule has 0 fully saturated rings. The van der Waals surface area contributed by atoms with Crippen LogP contribution >= 0.6 is 0 Å². The van der Waals surface area contributed by atoms with Gasteiger partial charge in [-0.1, -0.05) is 12.1 Å². The number of methoxy groups -OCH3 is 1. The lowest BCUT2D eigenvalue weighted by atomic mass is 10.1. The van der Waals surface area contributed by atoms with Crippen LogP contribution in [0.15, 0.2) is 36.4 Å². The monoisotopic (exact) mass is 358 g/mol. The van der Waals surface area contributed by atoms with Gasteiger partial charge in [0.15, 0.2) is 6.61 Å². The average Bonchev–Trinajstić information content (AvgIpc) is 2.63. The Bertz CT molecular complexity index is 863. The molecule has 1 N–H and O–H groups in total. The van der Waals surface area contributed by atoms with Crippen LogP contribution in [-0.4, -0.2) is 30.5 Å². The molecule has 0 aliphatic heterocycles. The van der Waals surface area contributed by atoms with E-state index in [1.807, 2.05) is 0 Å². The molecule has 0 aliphatic rings. The normalized spacial score (nSPS) is 10.1. The number of carbonyl (C=O) groups is 2. The lowest BCUT2D eigenvalue weighted by Gasteiger charge is -2.11. The van der Waals surface area contributed by atoms with Crippen molar-refractivity contribution in [3.05, 3.63) is 63.2 Å². The van der Waals surface area contributed by atoms with Crippen LogP contribution in [0.3, 0.4) is 0 Å². The number of hydrogen-bond acceptors (Lipinski definition) is 6. The van der Waals surface area contributed by atoms with E-state index >= 15 is 0 Å². The molecule has 8 heteroatoms. The van der Waals surface area contributed by atoms with Crippen LogP contribution < -0.4 is 10.1 Å². The Labute approximate surface area is 149 Å². The molecule has 0 atom stereocenters. The summed E-state index contributed by atoms with van der Waals surface area (Å²) in [6.07, 6.45) is 0. The van der Waals surface area contributed by atoms with Crippen molar-refractivity contribution in [1.29, 1.82) is 0 Å². The number of ether oxygens (including phenoxy) is 2. The molecule has 0 bridgehead atoms. The first kappa shape index (κ1) is 18.9. The number of esters is 1. The molecule has 2 aromatic rings. The van der Waals surface area contributed by atoms with Gasteiger partial charge in [-0.25, -0.2) is 4.79 Å². The highest BCUT2D eigenvalue weighted by molar-refractivity contribution is 5.97. The zero-order chi connectivity index (χ0) is 19.3. The number of aryl methyl sites for hydroxylation is 1. The molecular weight excluding hydrogens is 340 g/mol. The summed E-state index contributed by atoms with van der Waals surface area (Å²) >= 11 is 0. The maximum absolute atomic E-state index is 12.1. The van der Waals surface area contributed by atoms with Crippen molar-refractivity contribution < 1.29 is 24.0 Å². The van der Waals surface area contributed by atoms with Crippen LogP contribution in [0.5, 0.6) is 5.75 Å². The summed E-state index contributed by atoms with van der Waals surface area (Å²) in [6, 6.07) is 9.22. The molecule has 0 heterocycles. The van der Waals surface area contributed by atoms with Gasteiger partial charge in [0, 0.05) is 6.07 Å². The molecule has 0 aromatic heterocycles. The van der Waals surface area contributed by atoms with Gasteiger partial charge in [0.2, 0.25) is 0 Å². The van der Waals surface area contributed by atoms with Gasteiger partial charge in [-0.3, -0.25) is 14.9 Å². The van der Waals surface area contributed by atoms with Crippen LogP contribution in [0.4, 0.5) is 11.4 Å². The van der Waals surface area contributed by atoms with Crippen LogP contribution in [0.1, 0.15) is 21.5 Å². The van der Waals surface area contributed by atoms with E-state index in [1.165, 1.54) is 25.3 Å². The molecule has 0 aliphatic carbocycles. The fourth-order valence-corrected chi connectivity index (χ4v) is 2.25. The van der Waals surface area contributed by atoms with Gasteiger partial charge in [0.05, 0.1) is 17.6 Å². The lowest BCUT2D eigenvalue weighted by molar-refractivity contribution is -0.384. The maximum atomic E-state index is 12.1. The highest BCUT2D eigenvalue weighted by Crippen LogP contribution is 2.30. The number of carbonyl (C=O) groups excluding carboxylic acids is 2. The molecule has 26 heavy (non-hydrogen) atoms. The third kappa shape index (κ3) is 4.35. The van der Waals surface area contributed by atoms with E-state index in [0.29, 0.717) is 11.3 Å². The number of nitro benzene ring substituents is 1. The summed E-state index contributed by atoms with van der Waals surface area (Å²) in [4.78, 5) is 34.6. The Morgan fingerprint density at radius 2 is 1.92 bits per heavy atom.